The highest BCUT2D eigenvalue weighted by molar-refractivity contribution is 9.10. The summed E-state index contributed by atoms with van der Waals surface area (Å²) in [6.45, 7) is 2.68. The first kappa shape index (κ1) is 17.5. The van der Waals surface area contributed by atoms with E-state index in [1.54, 1.807) is 0 Å². The molecule has 2 aromatic carbocycles. The van der Waals surface area contributed by atoms with Gasteiger partial charge in [0.1, 0.15) is 0 Å². The molecule has 1 N–H and O–H groups in total. The maximum atomic E-state index is 12.6. The SMILES string of the molecule is O=C(Nc1cccc(Br)c1)C1CCCN(Cc2ccc(Cl)cc2)C1. The number of halogens is 2. The third-order valence-corrected chi connectivity index (χ3v) is 5.03. The zero-order valence-corrected chi connectivity index (χ0v) is 15.7. The van der Waals surface area contributed by atoms with Crippen LogP contribution in [0.4, 0.5) is 5.69 Å². The van der Waals surface area contributed by atoms with E-state index in [2.05, 4.69) is 26.1 Å². The number of nitrogens with zero attached hydrogens (tertiary/aromatic N) is 1. The molecule has 0 spiro atoms. The Hall–Kier alpha value is -1.36. The maximum absolute atomic E-state index is 12.6. The molecule has 1 unspecified atom stereocenters. The Balaban J connectivity index is 1.58. The van der Waals surface area contributed by atoms with E-state index in [0.717, 1.165) is 47.7 Å². The maximum Gasteiger partial charge on any atom is 0.228 e. The number of benzene rings is 2. The monoisotopic (exact) mass is 406 g/mol. The molecule has 2 aromatic rings. The molecule has 0 aromatic heterocycles. The van der Waals surface area contributed by atoms with Crippen LogP contribution in [0.25, 0.3) is 0 Å². The van der Waals surface area contributed by atoms with E-state index in [1.165, 1.54) is 5.56 Å². The van der Waals surface area contributed by atoms with Crippen LogP contribution in [0.3, 0.4) is 0 Å². The van der Waals surface area contributed by atoms with Crippen LogP contribution in [0.5, 0.6) is 0 Å². The van der Waals surface area contributed by atoms with Gasteiger partial charge in [0.05, 0.1) is 5.92 Å². The van der Waals surface area contributed by atoms with Gasteiger partial charge in [-0.3, -0.25) is 9.69 Å². The molecular weight excluding hydrogens is 388 g/mol. The van der Waals surface area contributed by atoms with Crippen molar-refractivity contribution in [3.8, 4) is 0 Å². The van der Waals surface area contributed by atoms with Gasteiger partial charge in [0.2, 0.25) is 5.91 Å². The Morgan fingerprint density at radius 1 is 1.25 bits per heavy atom. The number of hydrogen-bond acceptors (Lipinski definition) is 2. The summed E-state index contributed by atoms with van der Waals surface area (Å²) in [7, 11) is 0. The van der Waals surface area contributed by atoms with Gasteiger partial charge < -0.3 is 5.32 Å². The van der Waals surface area contributed by atoms with Gasteiger partial charge in [-0.2, -0.15) is 0 Å². The number of nitrogens with one attached hydrogen (secondary N) is 1. The number of hydrogen-bond donors (Lipinski definition) is 1. The Bertz CT molecular complexity index is 705. The van der Waals surface area contributed by atoms with Crippen molar-refractivity contribution in [2.75, 3.05) is 18.4 Å². The van der Waals surface area contributed by atoms with Gasteiger partial charge in [0.15, 0.2) is 0 Å². The largest absolute Gasteiger partial charge is 0.326 e. The van der Waals surface area contributed by atoms with Crippen molar-refractivity contribution in [3.05, 3.63) is 63.6 Å². The summed E-state index contributed by atoms with van der Waals surface area (Å²) in [6, 6.07) is 15.6. The number of carbonyl (C=O) groups excluding carboxylic acids is 1. The molecule has 0 aliphatic carbocycles. The Labute approximate surface area is 156 Å². The first-order valence-corrected chi connectivity index (χ1v) is 9.30. The minimum atomic E-state index is 0.0324. The van der Waals surface area contributed by atoms with E-state index in [-0.39, 0.29) is 11.8 Å². The van der Waals surface area contributed by atoms with E-state index in [9.17, 15) is 4.79 Å². The summed E-state index contributed by atoms with van der Waals surface area (Å²) in [5, 5.41) is 3.78. The summed E-state index contributed by atoms with van der Waals surface area (Å²) < 4.78 is 0.966. The minimum absolute atomic E-state index is 0.0324. The lowest BCUT2D eigenvalue weighted by Gasteiger charge is -2.32. The highest BCUT2D eigenvalue weighted by Crippen LogP contribution is 2.22. The quantitative estimate of drug-likeness (QED) is 0.777. The molecule has 3 nitrogen and oxygen atoms in total. The molecule has 1 heterocycles. The van der Waals surface area contributed by atoms with Gasteiger partial charge in [-0.1, -0.05) is 45.7 Å². The van der Waals surface area contributed by atoms with E-state index in [0.29, 0.717) is 0 Å². The molecule has 0 bridgehead atoms. The number of carbonyl (C=O) groups is 1. The van der Waals surface area contributed by atoms with Crippen molar-refractivity contribution in [1.82, 2.24) is 4.90 Å². The summed E-state index contributed by atoms with van der Waals surface area (Å²) in [6.07, 6.45) is 1.99. The molecule has 1 atom stereocenters. The second-order valence-corrected chi connectivity index (χ2v) is 7.55. The van der Waals surface area contributed by atoms with Gasteiger partial charge in [-0.05, 0) is 55.3 Å². The molecule has 3 rings (SSSR count). The van der Waals surface area contributed by atoms with E-state index in [1.807, 2.05) is 48.5 Å². The summed E-state index contributed by atoms with van der Waals surface area (Å²) >= 11 is 9.37. The summed E-state index contributed by atoms with van der Waals surface area (Å²) in [5.41, 5.74) is 2.07. The van der Waals surface area contributed by atoms with Gasteiger partial charge >= 0.3 is 0 Å². The lowest BCUT2D eigenvalue weighted by atomic mass is 9.96. The average Bonchev–Trinajstić information content (AvgIpc) is 2.57. The topological polar surface area (TPSA) is 32.3 Å². The summed E-state index contributed by atoms with van der Waals surface area (Å²) in [5.74, 6) is 0.138. The number of anilines is 1. The van der Waals surface area contributed by atoms with Gasteiger partial charge in [-0.15, -0.1) is 0 Å². The van der Waals surface area contributed by atoms with Gasteiger partial charge in [0, 0.05) is 28.3 Å². The van der Waals surface area contributed by atoms with Crippen LogP contribution in [0.15, 0.2) is 53.0 Å². The molecule has 24 heavy (non-hydrogen) atoms. The molecule has 0 radical (unpaired) electrons. The third-order valence-electron chi connectivity index (χ3n) is 4.29. The van der Waals surface area contributed by atoms with Crippen LogP contribution in [0.1, 0.15) is 18.4 Å². The lowest BCUT2D eigenvalue weighted by molar-refractivity contribution is -0.121. The van der Waals surface area contributed by atoms with E-state index >= 15 is 0 Å². The van der Waals surface area contributed by atoms with Crippen LogP contribution < -0.4 is 5.32 Å². The smallest absolute Gasteiger partial charge is 0.228 e. The van der Waals surface area contributed by atoms with E-state index < -0.39 is 0 Å². The Kier molecular flexibility index (Phi) is 5.93. The van der Waals surface area contributed by atoms with Crippen LogP contribution in [-0.2, 0) is 11.3 Å². The molecule has 1 aliphatic heterocycles. The molecule has 1 fully saturated rings. The van der Waals surface area contributed by atoms with Crippen LogP contribution in [0, 0.1) is 5.92 Å². The van der Waals surface area contributed by atoms with Crippen molar-refractivity contribution in [3.63, 3.8) is 0 Å². The lowest BCUT2D eigenvalue weighted by Crippen LogP contribution is -2.40. The van der Waals surface area contributed by atoms with E-state index in [4.69, 9.17) is 11.6 Å². The first-order chi connectivity index (χ1) is 11.6. The van der Waals surface area contributed by atoms with Gasteiger partial charge in [-0.25, -0.2) is 0 Å². The second-order valence-electron chi connectivity index (χ2n) is 6.20. The first-order valence-electron chi connectivity index (χ1n) is 8.13. The standard InChI is InChI=1S/C19H20BrClN2O/c20-16-4-1-5-18(11-16)22-19(24)15-3-2-10-23(13-15)12-14-6-8-17(21)9-7-14/h1,4-9,11,15H,2-3,10,12-13H2,(H,22,24). The second kappa shape index (κ2) is 8.15. The molecule has 1 aliphatic rings. The number of amides is 1. The number of piperidine rings is 1. The van der Waals surface area contributed by atoms with Crippen molar-refractivity contribution in [1.29, 1.82) is 0 Å². The highest BCUT2D eigenvalue weighted by atomic mass is 79.9. The summed E-state index contributed by atoms with van der Waals surface area (Å²) in [4.78, 5) is 14.9. The molecule has 5 heteroatoms. The zero-order valence-electron chi connectivity index (χ0n) is 13.3. The van der Waals surface area contributed by atoms with Crippen LogP contribution in [0.2, 0.25) is 5.02 Å². The minimum Gasteiger partial charge on any atom is -0.326 e. The fraction of sp³-hybridized carbons (Fsp3) is 0.316. The number of rotatable bonds is 4. The van der Waals surface area contributed by atoms with Gasteiger partial charge in [0.25, 0.3) is 0 Å². The fourth-order valence-corrected chi connectivity index (χ4v) is 3.60. The molecule has 1 saturated heterocycles. The number of likely N-dealkylation sites (tertiary alicyclic amines) is 1. The van der Waals surface area contributed by atoms with Crippen molar-refractivity contribution in [2.45, 2.75) is 19.4 Å². The normalized spacial score (nSPS) is 18.3. The van der Waals surface area contributed by atoms with Crippen LogP contribution in [-0.4, -0.2) is 23.9 Å². The van der Waals surface area contributed by atoms with Crippen molar-refractivity contribution in [2.24, 2.45) is 5.92 Å². The predicted octanol–water partition coefficient (Wildman–Crippen LogP) is 4.95. The molecule has 0 saturated carbocycles. The predicted molar refractivity (Wildman–Crippen MR) is 102 cm³/mol. The Morgan fingerprint density at radius 2 is 2.04 bits per heavy atom. The van der Waals surface area contributed by atoms with Crippen molar-refractivity contribution < 1.29 is 4.79 Å². The Morgan fingerprint density at radius 3 is 2.79 bits per heavy atom. The molecule has 126 valence electrons. The highest BCUT2D eigenvalue weighted by Gasteiger charge is 2.25. The van der Waals surface area contributed by atoms with Crippen LogP contribution >= 0.6 is 27.5 Å². The molecular formula is C19H20BrClN2O. The zero-order chi connectivity index (χ0) is 16.9. The third kappa shape index (κ3) is 4.82. The van der Waals surface area contributed by atoms with Crippen molar-refractivity contribution >= 4 is 39.1 Å². The average molecular weight is 408 g/mol. The molecule has 1 amide bonds. The fourth-order valence-electron chi connectivity index (χ4n) is 3.07.